The molecule has 2 aromatic carbocycles. The van der Waals surface area contributed by atoms with Crippen LogP contribution in [0.3, 0.4) is 0 Å². The molecule has 0 radical (unpaired) electrons. The molecule has 0 amide bonds. The number of halogens is 3. The minimum atomic E-state index is -0.612. The lowest BCUT2D eigenvalue weighted by Gasteiger charge is -2.17. The van der Waals surface area contributed by atoms with E-state index < -0.39 is 11.6 Å². The lowest BCUT2D eigenvalue weighted by atomic mass is 10.1. The van der Waals surface area contributed by atoms with E-state index in [1.165, 1.54) is 12.1 Å². The van der Waals surface area contributed by atoms with Gasteiger partial charge in [-0.15, -0.1) is 0 Å². The van der Waals surface area contributed by atoms with Gasteiger partial charge in [-0.1, -0.05) is 11.6 Å². The molecule has 0 aliphatic heterocycles. The smallest absolute Gasteiger partial charge is 0.126 e. The van der Waals surface area contributed by atoms with Crippen molar-refractivity contribution in [1.29, 1.82) is 0 Å². The molecule has 0 saturated heterocycles. The fraction of sp³-hybridized carbons (Fsp3) is 0.200. The van der Waals surface area contributed by atoms with Crippen molar-refractivity contribution in [1.82, 2.24) is 5.43 Å². The third kappa shape index (κ3) is 4.97. The summed E-state index contributed by atoms with van der Waals surface area (Å²) in [5, 5.41) is 0.617. The van der Waals surface area contributed by atoms with E-state index in [1.54, 1.807) is 24.3 Å². The van der Waals surface area contributed by atoms with Gasteiger partial charge < -0.3 is 4.74 Å². The van der Waals surface area contributed by atoms with Gasteiger partial charge in [0.2, 0.25) is 0 Å². The van der Waals surface area contributed by atoms with Crippen molar-refractivity contribution in [3.05, 3.63) is 64.7 Å². The molecule has 0 heterocycles. The second-order valence-electron chi connectivity index (χ2n) is 4.61. The summed E-state index contributed by atoms with van der Waals surface area (Å²) in [6.07, 6.45) is 0.346. The molecule has 0 aliphatic rings. The molecule has 3 N–H and O–H groups in total. The van der Waals surface area contributed by atoms with E-state index in [0.717, 1.165) is 6.07 Å². The molecule has 2 aromatic rings. The Labute approximate surface area is 126 Å². The predicted molar refractivity (Wildman–Crippen MR) is 78.1 cm³/mol. The number of ether oxygens (including phenoxy) is 1. The minimum Gasteiger partial charge on any atom is -0.492 e. The van der Waals surface area contributed by atoms with Gasteiger partial charge in [0.05, 0.1) is 6.04 Å². The average Bonchev–Trinajstić information content (AvgIpc) is 2.44. The lowest BCUT2D eigenvalue weighted by Crippen LogP contribution is -2.41. The second kappa shape index (κ2) is 7.36. The van der Waals surface area contributed by atoms with Crippen LogP contribution in [-0.2, 0) is 6.42 Å². The number of nitrogens with two attached hydrogens (primary N) is 1. The van der Waals surface area contributed by atoms with E-state index in [9.17, 15) is 8.78 Å². The maximum absolute atomic E-state index is 13.1. The molecule has 6 heteroatoms. The third-order valence-corrected chi connectivity index (χ3v) is 3.16. The Kier molecular flexibility index (Phi) is 5.50. The molecule has 0 aromatic heterocycles. The van der Waals surface area contributed by atoms with E-state index in [2.05, 4.69) is 5.43 Å². The Balaban J connectivity index is 1.95. The van der Waals surface area contributed by atoms with Crippen molar-refractivity contribution in [2.75, 3.05) is 6.61 Å². The number of hydrazine groups is 1. The van der Waals surface area contributed by atoms with Crippen molar-refractivity contribution in [2.45, 2.75) is 12.5 Å². The molecule has 21 heavy (non-hydrogen) atoms. The van der Waals surface area contributed by atoms with Crippen LogP contribution in [0.4, 0.5) is 8.78 Å². The topological polar surface area (TPSA) is 47.3 Å². The summed E-state index contributed by atoms with van der Waals surface area (Å²) in [5.41, 5.74) is 3.08. The summed E-state index contributed by atoms with van der Waals surface area (Å²) in [6, 6.07) is 9.99. The summed E-state index contributed by atoms with van der Waals surface area (Å²) in [7, 11) is 0. The van der Waals surface area contributed by atoms with Crippen LogP contribution >= 0.6 is 11.6 Å². The Morgan fingerprint density at radius 3 is 2.29 bits per heavy atom. The third-order valence-electron chi connectivity index (χ3n) is 2.90. The van der Waals surface area contributed by atoms with Crippen LogP contribution in [0.5, 0.6) is 5.75 Å². The fourth-order valence-corrected chi connectivity index (χ4v) is 2.03. The summed E-state index contributed by atoms with van der Waals surface area (Å²) in [5.74, 6) is 4.87. The van der Waals surface area contributed by atoms with Crippen molar-refractivity contribution < 1.29 is 13.5 Å². The summed E-state index contributed by atoms with van der Waals surface area (Å²) in [6.45, 7) is 0.260. The highest BCUT2D eigenvalue weighted by molar-refractivity contribution is 6.30. The van der Waals surface area contributed by atoms with Gasteiger partial charge in [0, 0.05) is 11.1 Å². The molecule has 2 rings (SSSR count). The van der Waals surface area contributed by atoms with Crippen molar-refractivity contribution in [3.8, 4) is 5.75 Å². The normalized spacial score (nSPS) is 12.2. The van der Waals surface area contributed by atoms with Crippen LogP contribution in [0.25, 0.3) is 0 Å². The number of hydrogen-bond acceptors (Lipinski definition) is 3. The molecule has 112 valence electrons. The number of nitrogens with one attached hydrogen (secondary N) is 1. The van der Waals surface area contributed by atoms with Crippen LogP contribution in [0.1, 0.15) is 5.56 Å². The summed E-state index contributed by atoms with van der Waals surface area (Å²) >= 11 is 5.78. The van der Waals surface area contributed by atoms with E-state index in [-0.39, 0.29) is 12.6 Å². The molecule has 0 aliphatic carbocycles. The molecule has 1 atom stereocenters. The minimum absolute atomic E-state index is 0.260. The zero-order chi connectivity index (χ0) is 15.2. The molecule has 1 unspecified atom stereocenters. The zero-order valence-electron chi connectivity index (χ0n) is 11.2. The van der Waals surface area contributed by atoms with Crippen LogP contribution in [0, 0.1) is 11.6 Å². The van der Waals surface area contributed by atoms with Gasteiger partial charge in [-0.25, -0.2) is 8.78 Å². The van der Waals surface area contributed by atoms with Gasteiger partial charge in [-0.3, -0.25) is 11.3 Å². The maximum atomic E-state index is 13.1. The standard InChI is InChI=1S/C15H15ClF2N2O/c16-11-1-3-15(4-2-11)21-9-14(20-19)7-10-5-12(17)8-13(18)6-10/h1-6,8,14,20H,7,9,19H2. The van der Waals surface area contributed by atoms with Gasteiger partial charge in [-0.2, -0.15) is 0 Å². The van der Waals surface area contributed by atoms with Gasteiger partial charge in [0.15, 0.2) is 0 Å². The second-order valence-corrected chi connectivity index (χ2v) is 5.05. The lowest BCUT2D eigenvalue weighted by molar-refractivity contribution is 0.264. The van der Waals surface area contributed by atoms with Gasteiger partial charge >= 0.3 is 0 Å². The summed E-state index contributed by atoms with van der Waals surface area (Å²) in [4.78, 5) is 0. The van der Waals surface area contributed by atoms with E-state index in [4.69, 9.17) is 22.2 Å². The quantitative estimate of drug-likeness (QED) is 0.636. The van der Waals surface area contributed by atoms with Crippen LogP contribution in [0.15, 0.2) is 42.5 Å². The van der Waals surface area contributed by atoms with E-state index in [1.807, 2.05) is 0 Å². The molecule has 0 saturated carbocycles. The first-order valence-electron chi connectivity index (χ1n) is 6.36. The highest BCUT2D eigenvalue weighted by atomic mass is 35.5. The Bertz CT molecular complexity index is 572. The van der Waals surface area contributed by atoms with Crippen molar-refractivity contribution in [2.24, 2.45) is 5.84 Å². The highest BCUT2D eigenvalue weighted by Crippen LogP contribution is 2.16. The van der Waals surface area contributed by atoms with Crippen LogP contribution in [-0.4, -0.2) is 12.6 Å². The molecule has 0 fully saturated rings. The zero-order valence-corrected chi connectivity index (χ0v) is 11.9. The SMILES string of the molecule is NNC(COc1ccc(Cl)cc1)Cc1cc(F)cc(F)c1. The largest absolute Gasteiger partial charge is 0.492 e. The number of hydrogen-bond donors (Lipinski definition) is 2. The Morgan fingerprint density at radius 2 is 1.71 bits per heavy atom. The number of rotatable bonds is 6. The molecule has 0 bridgehead atoms. The van der Waals surface area contributed by atoms with Gasteiger partial charge in [0.25, 0.3) is 0 Å². The Morgan fingerprint density at radius 1 is 1.10 bits per heavy atom. The Hall–Kier alpha value is -1.69. The van der Waals surface area contributed by atoms with Gasteiger partial charge in [-0.05, 0) is 48.4 Å². The predicted octanol–water partition coefficient (Wildman–Crippen LogP) is 3.07. The first-order chi connectivity index (χ1) is 10.1. The van der Waals surface area contributed by atoms with Gasteiger partial charge in [0.1, 0.15) is 24.0 Å². The summed E-state index contributed by atoms with van der Waals surface area (Å²) < 4.78 is 31.8. The van der Waals surface area contributed by atoms with E-state index >= 15 is 0 Å². The van der Waals surface area contributed by atoms with Crippen LogP contribution < -0.4 is 16.0 Å². The average molecular weight is 313 g/mol. The molecular formula is C15H15ClF2N2O. The first kappa shape index (κ1) is 15.7. The fourth-order valence-electron chi connectivity index (χ4n) is 1.91. The molecule has 3 nitrogen and oxygen atoms in total. The van der Waals surface area contributed by atoms with Crippen LogP contribution in [0.2, 0.25) is 5.02 Å². The maximum Gasteiger partial charge on any atom is 0.126 e. The molecule has 0 spiro atoms. The van der Waals surface area contributed by atoms with Crippen molar-refractivity contribution in [3.63, 3.8) is 0 Å². The van der Waals surface area contributed by atoms with Crippen molar-refractivity contribution >= 4 is 11.6 Å². The molecular weight excluding hydrogens is 298 g/mol. The monoisotopic (exact) mass is 312 g/mol. The first-order valence-corrected chi connectivity index (χ1v) is 6.74. The van der Waals surface area contributed by atoms with E-state index in [0.29, 0.717) is 22.8 Å². The highest BCUT2D eigenvalue weighted by Gasteiger charge is 2.11. The number of benzene rings is 2.